The summed E-state index contributed by atoms with van der Waals surface area (Å²) in [4.78, 5) is 14.7. The molecule has 0 aliphatic carbocycles. The van der Waals surface area contributed by atoms with Gasteiger partial charge in [-0.3, -0.25) is 9.69 Å². The third kappa shape index (κ3) is 3.48. The van der Waals surface area contributed by atoms with E-state index in [1.54, 1.807) is 30.3 Å². The second-order valence-electron chi connectivity index (χ2n) is 5.12. The first kappa shape index (κ1) is 17.8. The van der Waals surface area contributed by atoms with E-state index in [1.807, 2.05) is 19.1 Å². The van der Waals surface area contributed by atoms with Gasteiger partial charge in [-0.2, -0.15) is 0 Å². The summed E-state index contributed by atoms with van der Waals surface area (Å²) in [6, 6.07) is 10.5. The van der Waals surface area contributed by atoms with E-state index >= 15 is 0 Å². The number of rotatable bonds is 2. The maximum atomic E-state index is 12.7. The molecule has 1 aliphatic rings. The van der Waals surface area contributed by atoms with Gasteiger partial charge in [0.2, 0.25) is 0 Å². The van der Waals surface area contributed by atoms with Crippen molar-refractivity contribution in [1.82, 2.24) is 0 Å². The van der Waals surface area contributed by atoms with Crippen LogP contribution in [0.5, 0.6) is 0 Å². The van der Waals surface area contributed by atoms with Crippen molar-refractivity contribution < 1.29 is 4.79 Å². The number of benzene rings is 2. The van der Waals surface area contributed by atoms with Gasteiger partial charge in [0.15, 0.2) is 4.32 Å². The number of amides is 1. The Morgan fingerprint density at radius 2 is 1.83 bits per heavy atom. The van der Waals surface area contributed by atoms with Crippen LogP contribution in [0.25, 0.3) is 6.08 Å². The summed E-state index contributed by atoms with van der Waals surface area (Å²) in [6.07, 6.45) is 1.72. The number of aryl methyl sites for hydroxylation is 1. The molecule has 2 aromatic rings. The zero-order chi connectivity index (χ0) is 17.4. The van der Waals surface area contributed by atoms with E-state index in [9.17, 15) is 4.79 Å². The molecule has 0 atom stereocenters. The van der Waals surface area contributed by atoms with Crippen molar-refractivity contribution in [1.29, 1.82) is 0 Å². The van der Waals surface area contributed by atoms with Gasteiger partial charge >= 0.3 is 0 Å². The molecular weight excluding hydrogens is 405 g/mol. The lowest BCUT2D eigenvalue weighted by Crippen LogP contribution is -2.27. The maximum absolute atomic E-state index is 12.7. The Balaban J connectivity index is 1.96. The van der Waals surface area contributed by atoms with Crippen molar-refractivity contribution in [3.05, 3.63) is 67.5 Å². The summed E-state index contributed by atoms with van der Waals surface area (Å²) in [7, 11) is 0. The van der Waals surface area contributed by atoms with Gasteiger partial charge in [-0.25, -0.2) is 0 Å². The van der Waals surface area contributed by atoms with Crippen LogP contribution in [-0.4, -0.2) is 10.2 Å². The minimum Gasteiger partial charge on any atom is -0.268 e. The van der Waals surface area contributed by atoms with Crippen molar-refractivity contribution in [3.63, 3.8) is 0 Å². The third-order valence-corrected chi connectivity index (χ3v) is 5.73. The molecule has 1 fully saturated rings. The van der Waals surface area contributed by atoms with Crippen LogP contribution in [0.4, 0.5) is 5.69 Å². The van der Waals surface area contributed by atoms with Gasteiger partial charge in [-0.05, 0) is 48.4 Å². The molecule has 0 saturated carbocycles. The van der Waals surface area contributed by atoms with E-state index in [0.29, 0.717) is 35.5 Å². The van der Waals surface area contributed by atoms with Crippen LogP contribution in [0.2, 0.25) is 15.1 Å². The molecule has 0 bridgehead atoms. The predicted molar refractivity (Wildman–Crippen MR) is 108 cm³/mol. The number of hydrogen-bond donors (Lipinski definition) is 0. The molecule has 2 aromatic carbocycles. The average Bonchev–Trinajstić information content (AvgIpc) is 2.79. The zero-order valence-corrected chi connectivity index (χ0v) is 16.2. The van der Waals surface area contributed by atoms with Crippen molar-refractivity contribution in [2.24, 2.45) is 0 Å². The van der Waals surface area contributed by atoms with E-state index < -0.39 is 0 Å². The largest absolute Gasteiger partial charge is 0.270 e. The summed E-state index contributed by atoms with van der Waals surface area (Å²) in [5.74, 6) is -0.198. The van der Waals surface area contributed by atoms with Crippen LogP contribution in [0.3, 0.4) is 0 Å². The number of halogens is 3. The summed E-state index contributed by atoms with van der Waals surface area (Å²) in [5.41, 5.74) is 2.30. The van der Waals surface area contributed by atoms with Gasteiger partial charge in [-0.15, -0.1) is 0 Å². The highest BCUT2D eigenvalue weighted by Gasteiger charge is 2.33. The zero-order valence-electron chi connectivity index (χ0n) is 12.3. The summed E-state index contributed by atoms with van der Waals surface area (Å²) in [5, 5.41) is 1.61. The van der Waals surface area contributed by atoms with Crippen molar-refractivity contribution >= 4 is 80.8 Å². The Morgan fingerprint density at radius 3 is 2.50 bits per heavy atom. The van der Waals surface area contributed by atoms with Crippen molar-refractivity contribution in [2.45, 2.75) is 6.92 Å². The minimum absolute atomic E-state index is 0.198. The first-order chi connectivity index (χ1) is 11.4. The number of carbonyl (C=O) groups is 1. The fourth-order valence-corrected chi connectivity index (χ4v) is 4.10. The smallest absolute Gasteiger partial charge is 0.268 e. The Morgan fingerprint density at radius 1 is 1.08 bits per heavy atom. The lowest BCUT2D eigenvalue weighted by molar-refractivity contribution is -0.113. The first-order valence-electron chi connectivity index (χ1n) is 6.86. The molecule has 1 amide bonds. The Kier molecular flexibility index (Phi) is 5.23. The average molecular weight is 415 g/mol. The van der Waals surface area contributed by atoms with Crippen LogP contribution in [0.15, 0.2) is 41.3 Å². The van der Waals surface area contributed by atoms with Crippen LogP contribution < -0.4 is 4.90 Å². The van der Waals surface area contributed by atoms with Gasteiger partial charge in [0, 0.05) is 15.1 Å². The normalized spacial score (nSPS) is 16.3. The standard InChI is InChI=1S/C17H10Cl3NOS2/c1-9-2-5-12(8-13(9)19)21-16(22)15(24-17(21)23)6-10-3-4-11(18)7-14(10)20/h2-8H,1H3/b15-6-. The lowest BCUT2D eigenvalue weighted by Gasteiger charge is -2.15. The molecular formula is C17H10Cl3NOS2. The molecule has 1 saturated heterocycles. The highest BCUT2D eigenvalue weighted by molar-refractivity contribution is 8.27. The first-order valence-corrected chi connectivity index (χ1v) is 9.22. The highest BCUT2D eigenvalue weighted by atomic mass is 35.5. The molecule has 1 aliphatic heterocycles. The number of carbonyl (C=O) groups excluding carboxylic acids is 1. The summed E-state index contributed by atoms with van der Waals surface area (Å²) >= 11 is 24.8. The van der Waals surface area contributed by atoms with Gasteiger partial charge < -0.3 is 0 Å². The topological polar surface area (TPSA) is 20.3 Å². The highest BCUT2D eigenvalue weighted by Crippen LogP contribution is 2.38. The van der Waals surface area contributed by atoms with E-state index in [0.717, 1.165) is 5.56 Å². The SMILES string of the molecule is Cc1ccc(N2C(=O)/C(=C/c3ccc(Cl)cc3Cl)SC2=S)cc1Cl. The van der Waals surface area contributed by atoms with Crippen molar-refractivity contribution in [3.8, 4) is 0 Å². The van der Waals surface area contributed by atoms with Crippen molar-refractivity contribution in [2.75, 3.05) is 4.90 Å². The Labute approximate surface area is 164 Å². The van der Waals surface area contributed by atoms with E-state index in [-0.39, 0.29) is 5.91 Å². The van der Waals surface area contributed by atoms with E-state index in [2.05, 4.69) is 0 Å². The molecule has 1 heterocycles. The molecule has 122 valence electrons. The number of thiocarbonyl (C=S) groups is 1. The fraction of sp³-hybridized carbons (Fsp3) is 0.0588. The second-order valence-corrected chi connectivity index (χ2v) is 8.04. The van der Waals surface area contributed by atoms with Gasteiger partial charge in [0.1, 0.15) is 0 Å². The molecule has 24 heavy (non-hydrogen) atoms. The molecule has 0 N–H and O–H groups in total. The molecule has 0 unspecified atom stereocenters. The predicted octanol–water partition coefficient (Wildman–Crippen LogP) is 6.36. The van der Waals surface area contributed by atoms with Crippen LogP contribution in [0.1, 0.15) is 11.1 Å². The van der Waals surface area contributed by atoms with Crippen LogP contribution in [0, 0.1) is 6.92 Å². The minimum atomic E-state index is -0.198. The Bertz CT molecular complexity index is 895. The van der Waals surface area contributed by atoms with Gasteiger partial charge in [0.25, 0.3) is 5.91 Å². The van der Waals surface area contributed by atoms with Gasteiger partial charge in [-0.1, -0.05) is 70.9 Å². The maximum Gasteiger partial charge on any atom is 0.270 e. The summed E-state index contributed by atoms with van der Waals surface area (Å²) in [6.45, 7) is 1.90. The van der Waals surface area contributed by atoms with Crippen LogP contribution in [-0.2, 0) is 4.79 Å². The van der Waals surface area contributed by atoms with E-state index in [4.69, 9.17) is 47.0 Å². The third-order valence-electron chi connectivity index (χ3n) is 3.46. The Hall–Kier alpha value is -1.04. The number of hydrogen-bond acceptors (Lipinski definition) is 3. The van der Waals surface area contributed by atoms with Crippen LogP contribution >= 0.6 is 58.8 Å². The number of anilines is 1. The number of nitrogens with zero attached hydrogens (tertiary/aromatic N) is 1. The molecule has 0 spiro atoms. The molecule has 0 aromatic heterocycles. The second kappa shape index (κ2) is 7.06. The quantitative estimate of drug-likeness (QED) is 0.421. The number of thioether (sulfide) groups is 1. The monoisotopic (exact) mass is 413 g/mol. The molecule has 0 radical (unpaired) electrons. The molecule has 3 rings (SSSR count). The lowest BCUT2D eigenvalue weighted by atomic mass is 10.2. The fourth-order valence-electron chi connectivity index (χ4n) is 2.17. The van der Waals surface area contributed by atoms with Gasteiger partial charge in [0.05, 0.1) is 10.6 Å². The molecule has 7 heteroatoms. The summed E-state index contributed by atoms with van der Waals surface area (Å²) < 4.78 is 0.455. The van der Waals surface area contributed by atoms with E-state index in [1.165, 1.54) is 16.7 Å². The molecule has 2 nitrogen and oxygen atoms in total.